The lowest BCUT2D eigenvalue weighted by atomic mass is 9.80. The van der Waals surface area contributed by atoms with Crippen LogP contribution < -0.4 is 0 Å². The van der Waals surface area contributed by atoms with E-state index in [0.29, 0.717) is 12.0 Å². The van der Waals surface area contributed by atoms with Gasteiger partial charge in [-0.1, -0.05) is 54.6 Å². The summed E-state index contributed by atoms with van der Waals surface area (Å²) < 4.78 is 0. The second-order valence-corrected chi connectivity index (χ2v) is 6.37. The number of fused-ring (bicyclic) bond motifs is 3. The van der Waals surface area contributed by atoms with Crippen molar-refractivity contribution < 1.29 is 0 Å². The molecule has 2 aromatic rings. The number of likely N-dealkylation sites (N-methyl/N-ethyl adjacent to an activating group) is 1. The first kappa shape index (κ1) is 18.3. The van der Waals surface area contributed by atoms with Crippen LogP contribution in [-0.2, 0) is 0 Å². The largest absolute Gasteiger partial charge is 0.303 e. The molecule has 2 aliphatic heterocycles. The van der Waals surface area contributed by atoms with E-state index in [2.05, 4.69) is 71.4 Å². The third-order valence-corrected chi connectivity index (χ3v) is 5.04. The predicted molar refractivity (Wildman–Crippen MR) is 101 cm³/mol. The first-order valence-corrected chi connectivity index (χ1v) is 7.89. The fourth-order valence-corrected chi connectivity index (χ4v) is 3.91. The average molecular weight is 351 g/mol. The van der Waals surface area contributed by atoms with Crippen LogP contribution >= 0.6 is 24.8 Å². The first-order chi connectivity index (χ1) is 10.3. The van der Waals surface area contributed by atoms with E-state index in [0.717, 1.165) is 13.1 Å². The van der Waals surface area contributed by atoms with Crippen molar-refractivity contribution in [3.63, 3.8) is 0 Å². The number of rotatable bonds is 1. The molecule has 2 aliphatic rings. The van der Waals surface area contributed by atoms with Gasteiger partial charge in [0.15, 0.2) is 0 Å². The minimum absolute atomic E-state index is 0. The molecule has 2 heterocycles. The van der Waals surface area contributed by atoms with Crippen molar-refractivity contribution in [1.82, 2.24) is 9.80 Å². The number of hydrogen-bond acceptors (Lipinski definition) is 2. The second-order valence-electron chi connectivity index (χ2n) is 6.37. The van der Waals surface area contributed by atoms with Crippen LogP contribution in [0.25, 0.3) is 0 Å². The van der Waals surface area contributed by atoms with Gasteiger partial charge in [-0.05, 0) is 23.7 Å². The standard InChI is InChI=1S/C19H22N2.2ClH/c1-20-11-12-21-13-18(15-7-3-2-4-8-15)16-9-5-6-10-17(16)19(21)14-20;;/h2-10,18-19H,11-14H2,1H3;2*1H/t18-,19-;;/m0../s1. The number of halogens is 2. The highest BCUT2D eigenvalue weighted by molar-refractivity contribution is 5.85. The molecule has 0 amide bonds. The van der Waals surface area contributed by atoms with E-state index in [9.17, 15) is 0 Å². The molecule has 0 aromatic heterocycles. The lowest BCUT2D eigenvalue weighted by molar-refractivity contribution is 0.0772. The summed E-state index contributed by atoms with van der Waals surface area (Å²) in [4.78, 5) is 5.14. The summed E-state index contributed by atoms with van der Waals surface area (Å²) in [7, 11) is 2.24. The third-order valence-electron chi connectivity index (χ3n) is 5.04. The fraction of sp³-hybridized carbons (Fsp3) is 0.368. The number of hydrogen-bond donors (Lipinski definition) is 0. The molecule has 0 aliphatic carbocycles. The normalized spacial score (nSPS) is 23.9. The van der Waals surface area contributed by atoms with Crippen molar-refractivity contribution in [2.24, 2.45) is 0 Å². The minimum Gasteiger partial charge on any atom is -0.303 e. The monoisotopic (exact) mass is 350 g/mol. The maximum atomic E-state index is 2.68. The highest BCUT2D eigenvalue weighted by atomic mass is 35.5. The molecule has 1 fully saturated rings. The summed E-state index contributed by atoms with van der Waals surface area (Å²) in [6.07, 6.45) is 0. The Balaban J connectivity index is 0.000000960. The van der Waals surface area contributed by atoms with E-state index in [1.807, 2.05) is 0 Å². The topological polar surface area (TPSA) is 6.48 Å². The Kier molecular flexibility index (Phi) is 6.10. The maximum Gasteiger partial charge on any atom is 0.0478 e. The summed E-state index contributed by atoms with van der Waals surface area (Å²) in [5.41, 5.74) is 4.51. The molecular weight excluding hydrogens is 327 g/mol. The number of piperazine rings is 1. The molecular formula is C19H24Cl2N2. The Morgan fingerprint density at radius 2 is 1.43 bits per heavy atom. The van der Waals surface area contributed by atoms with Crippen LogP contribution in [0.4, 0.5) is 0 Å². The predicted octanol–water partition coefficient (Wildman–Crippen LogP) is 3.96. The molecule has 2 nitrogen and oxygen atoms in total. The SMILES string of the molecule is CN1CCN2C[C@@H](c3ccccc3)c3ccccc3[C@@H]2C1.Cl.Cl. The van der Waals surface area contributed by atoms with Crippen molar-refractivity contribution in [1.29, 1.82) is 0 Å². The van der Waals surface area contributed by atoms with Crippen LogP contribution in [0.15, 0.2) is 54.6 Å². The summed E-state index contributed by atoms with van der Waals surface area (Å²) in [6, 6.07) is 20.6. The molecule has 0 bridgehead atoms. The van der Waals surface area contributed by atoms with Crippen molar-refractivity contribution in [2.75, 3.05) is 33.2 Å². The van der Waals surface area contributed by atoms with E-state index in [1.54, 1.807) is 0 Å². The van der Waals surface area contributed by atoms with Gasteiger partial charge in [0.1, 0.15) is 0 Å². The summed E-state index contributed by atoms with van der Waals surface area (Å²) in [5, 5.41) is 0. The smallest absolute Gasteiger partial charge is 0.0478 e. The molecule has 2 atom stereocenters. The lowest BCUT2D eigenvalue weighted by Gasteiger charge is -2.46. The van der Waals surface area contributed by atoms with E-state index in [4.69, 9.17) is 0 Å². The molecule has 0 unspecified atom stereocenters. The summed E-state index contributed by atoms with van der Waals surface area (Å²) >= 11 is 0. The first-order valence-electron chi connectivity index (χ1n) is 7.89. The molecule has 4 rings (SSSR count). The molecule has 0 saturated carbocycles. The maximum absolute atomic E-state index is 2.68. The Bertz CT molecular complexity index is 632. The quantitative estimate of drug-likeness (QED) is 0.767. The Hall–Kier alpha value is -1.06. The van der Waals surface area contributed by atoms with Crippen LogP contribution in [0.5, 0.6) is 0 Å². The Morgan fingerprint density at radius 1 is 0.783 bits per heavy atom. The molecule has 0 N–H and O–H groups in total. The van der Waals surface area contributed by atoms with Crippen molar-refractivity contribution in [3.8, 4) is 0 Å². The molecule has 1 saturated heterocycles. The van der Waals surface area contributed by atoms with Crippen LogP contribution in [0.3, 0.4) is 0 Å². The Morgan fingerprint density at radius 3 is 2.17 bits per heavy atom. The zero-order valence-electron chi connectivity index (χ0n) is 13.4. The highest BCUT2D eigenvalue weighted by Crippen LogP contribution is 2.40. The Labute approximate surface area is 151 Å². The van der Waals surface area contributed by atoms with Gasteiger partial charge in [0, 0.05) is 38.1 Å². The molecule has 124 valence electrons. The van der Waals surface area contributed by atoms with E-state index in [-0.39, 0.29) is 24.8 Å². The van der Waals surface area contributed by atoms with Gasteiger partial charge in [0.25, 0.3) is 0 Å². The second kappa shape index (κ2) is 7.67. The van der Waals surface area contributed by atoms with Crippen LogP contribution in [0.1, 0.15) is 28.7 Å². The van der Waals surface area contributed by atoms with Crippen molar-refractivity contribution in [2.45, 2.75) is 12.0 Å². The zero-order valence-corrected chi connectivity index (χ0v) is 15.0. The molecule has 23 heavy (non-hydrogen) atoms. The van der Waals surface area contributed by atoms with Gasteiger partial charge in [-0.25, -0.2) is 0 Å². The minimum atomic E-state index is 0. The van der Waals surface area contributed by atoms with Gasteiger partial charge >= 0.3 is 0 Å². The van der Waals surface area contributed by atoms with Gasteiger partial charge in [0.2, 0.25) is 0 Å². The van der Waals surface area contributed by atoms with E-state index in [1.165, 1.54) is 29.8 Å². The zero-order chi connectivity index (χ0) is 14.2. The third kappa shape index (κ3) is 3.41. The van der Waals surface area contributed by atoms with Gasteiger partial charge in [-0.3, -0.25) is 4.90 Å². The van der Waals surface area contributed by atoms with Crippen molar-refractivity contribution >= 4 is 24.8 Å². The molecule has 0 radical (unpaired) electrons. The average Bonchev–Trinajstić information content (AvgIpc) is 2.55. The van der Waals surface area contributed by atoms with Gasteiger partial charge < -0.3 is 4.90 Å². The van der Waals surface area contributed by atoms with Gasteiger partial charge in [-0.2, -0.15) is 0 Å². The molecule has 4 heteroatoms. The number of benzene rings is 2. The lowest BCUT2D eigenvalue weighted by Crippen LogP contribution is -2.50. The van der Waals surface area contributed by atoms with Gasteiger partial charge in [0.05, 0.1) is 0 Å². The molecule has 2 aromatic carbocycles. The van der Waals surface area contributed by atoms with Crippen LogP contribution in [0, 0.1) is 0 Å². The van der Waals surface area contributed by atoms with E-state index < -0.39 is 0 Å². The fourth-order valence-electron chi connectivity index (χ4n) is 3.91. The van der Waals surface area contributed by atoms with Gasteiger partial charge in [-0.15, -0.1) is 24.8 Å². The van der Waals surface area contributed by atoms with Crippen LogP contribution in [0.2, 0.25) is 0 Å². The molecule has 0 spiro atoms. The highest BCUT2D eigenvalue weighted by Gasteiger charge is 2.35. The number of nitrogens with zero attached hydrogens (tertiary/aromatic N) is 2. The van der Waals surface area contributed by atoms with E-state index >= 15 is 0 Å². The summed E-state index contributed by atoms with van der Waals surface area (Å²) in [6.45, 7) is 4.66. The summed E-state index contributed by atoms with van der Waals surface area (Å²) in [5.74, 6) is 0.516. The van der Waals surface area contributed by atoms with Crippen molar-refractivity contribution in [3.05, 3.63) is 71.3 Å². The van der Waals surface area contributed by atoms with Crippen LogP contribution in [-0.4, -0.2) is 43.0 Å².